The zero-order valence-corrected chi connectivity index (χ0v) is 16.0. The van der Waals surface area contributed by atoms with E-state index in [0.717, 1.165) is 4.31 Å². The second-order valence-electron chi connectivity index (χ2n) is 6.04. The predicted molar refractivity (Wildman–Crippen MR) is 96.7 cm³/mol. The first-order valence-electron chi connectivity index (χ1n) is 7.90. The molecule has 9 nitrogen and oxygen atoms in total. The fraction of sp³-hybridized carbons (Fsp3) is 0.294. The van der Waals surface area contributed by atoms with Gasteiger partial charge in [-0.15, -0.1) is 0 Å². The molecule has 1 aromatic heterocycles. The van der Waals surface area contributed by atoms with Crippen molar-refractivity contribution in [1.82, 2.24) is 4.31 Å². The van der Waals surface area contributed by atoms with Crippen molar-refractivity contribution >= 4 is 27.6 Å². The number of ether oxygens (including phenoxy) is 1. The average molecular weight is 396 g/mol. The number of anilines is 1. The van der Waals surface area contributed by atoms with E-state index in [2.05, 4.69) is 5.32 Å². The SMILES string of the molecule is CC(C)Oc1ccc(C(=O)O)cc1NC(=O)c1ccc(S(=O)(=O)N(C)C)o1. The van der Waals surface area contributed by atoms with Crippen molar-refractivity contribution < 1.29 is 32.3 Å². The van der Waals surface area contributed by atoms with E-state index >= 15 is 0 Å². The second-order valence-corrected chi connectivity index (χ2v) is 8.13. The predicted octanol–water partition coefficient (Wildman–Crippen LogP) is 2.27. The largest absolute Gasteiger partial charge is 0.489 e. The number of furan rings is 1. The maximum atomic E-state index is 12.4. The van der Waals surface area contributed by atoms with Gasteiger partial charge in [-0.1, -0.05) is 0 Å². The number of carbonyl (C=O) groups is 2. The van der Waals surface area contributed by atoms with Gasteiger partial charge < -0.3 is 19.6 Å². The van der Waals surface area contributed by atoms with Crippen molar-refractivity contribution in [2.24, 2.45) is 0 Å². The third-order valence-corrected chi connectivity index (χ3v) is 5.07. The van der Waals surface area contributed by atoms with Crippen LogP contribution in [0.3, 0.4) is 0 Å². The van der Waals surface area contributed by atoms with Gasteiger partial charge in [-0.25, -0.2) is 17.5 Å². The number of nitrogens with one attached hydrogen (secondary N) is 1. The van der Waals surface area contributed by atoms with Crippen LogP contribution in [0.5, 0.6) is 5.75 Å². The van der Waals surface area contributed by atoms with Crippen molar-refractivity contribution in [1.29, 1.82) is 0 Å². The number of sulfonamides is 1. The van der Waals surface area contributed by atoms with Crippen LogP contribution in [0.15, 0.2) is 39.8 Å². The van der Waals surface area contributed by atoms with E-state index in [9.17, 15) is 18.0 Å². The van der Waals surface area contributed by atoms with Crippen LogP contribution in [0, 0.1) is 0 Å². The van der Waals surface area contributed by atoms with Crippen LogP contribution in [0.25, 0.3) is 0 Å². The Morgan fingerprint density at radius 3 is 2.41 bits per heavy atom. The lowest BCUT2D eigenvalue weighted by atomic mass is 10.2. The van der Waals surface area contributed by atoms with Crippen LogP contribution in [-0.2, 0) is 10.0 Å². The normalized spacial score (nSPS) is 11.6. The Kier molecular flexibility index (Phi) is 5.91. The van der Waals surface area contributed by atoms with Crippen LogP contribution in [0.1, 0.15) is 34.8 Å². The Hall–Kier alpha value is -2.85. The molecule has 2 rings (SSSR count). The molecule has 2 N–H and O–H groups in total. The first-order chi connectivity index (χ1) is 12.5. The standard InChI is InChI=1S/C17H20N2O7S/c1-10(2)25-13-6-5-11(17(21)22)9-12(13)18-16(20)14-7-8-15(26-14)27(23,24)19(3)4/h5-10H,1-4H3,(H,18,20)(H,21,22). The minimum Gasteiger partial charge on any atom is -0.489 e. The minimum atomic E-state index is -3.82. The van der Waals surface area contributed by atoms with Gasteiger partial charge in [0.05, 0.1) is 17.4 Å². The molecule has 0 spiro atoms. The molecule has 1 amide bonds. The number of amides is 1. The summed E-state index contributed by atoms with van der Waals surface area (Å²) in [7, 11) is -1.14. The Morgan fingerprint density at radius 2 is 1.85 bits per heavy atom. The number of rotatable bonds is 7. The smallest absolute Gasteiger partial charge is 0.335 e. The summed E-state index contributed by atoms with van der Waals surface area (Å²) in [5.41, 5.74) is 0.0822. The van der Waals surface area contributed by atoms with Crippen molar-refractivity contribution in [3.8, 4) is 5.75 Å². The summed E-state index contributed by atoms with van der Waals surface area (Å²) in [4.78, 5) is 23.6. The first-order valence-corrected chi connectivity index (χ1v) is 9.34. The van der Waals surface area contributed by atoms with Crippen LogP contribution >= 0.6 is 0 Å². The van der Waals surface area contributed by atoms with Crippen LogP contribution in [-0.4, -0.2) is 49.9 Å². The molecule has 0 radical (unpaired) electrons. The molecule has 1 aromatic carbocycles. The third-order valence-electron chi connectivity index (χ3n) is 3.38. The molecule has 0 aliphatic heterocycles. The van der Waals surface area contributed by atoms with Gasteiger partial charge in [-0.05, 0) is 44.2 Å². The van der Waals surface area contributed by atoms with Crippen molar-refractivity contribution in [3.05, 3.63) is 41.7 Å². The van der Waals surface area contributed by atoms with Crippen LogP contribution < -0.4 is 10.1 Å². The number of carbonyl (C=O) groups excluding carboxylic acids is 1. The molecule has 0 bridgehead atoms. The van der Waals surface area contributed by atoms with E-state index in [1.807, 2.05) is 0 Å². The molecule has 0 saturated carbocycles. The van der Waals surface area contributed by atoms with Crippen molar-refractivity contribution in [2.45, 2.75) is 25.0 Å². The summed E-state index contributed by atoms with van der Waals surface area (Å²) >= 11 is 0. The highest BCUT2D eigenvalue weighted by atomic mass is 32.2. The molecule has 10 heteroatoms. The van der Waals surface area contributed by atoms with E-state index in [1.54, 1.807) is 13.8 Å². The first kappa shape index (κ1) is 20.5. The molecular formula is C17H20N2O7S. The Labute approximate surface area is 156 Å². The topological polar surface area (TPSA) is 126 Å². The highest BCUT2D eigenvalue weighted by Crippen LogP contribution is 2.28. The zero-order valence-electron chi connectivity index (χ0n) is 15.2. The maximum absolute atomic E-state index is 12.4. The van der Waals surface area contributed by atoms with Crippen LogP contribution in [0.4, 0.5) is 5.69 Å². The number of benzene rings is 1. The Balaban J connectivity index is 2.33. The van der Waals surface area contributed by atoms with Crippen LogP contribution in [0.2, 0.25) is 0 Å². The summed E-state index contributed by atoms with van der Waals surface area (Å²) in [5, 5.41) is 11.2. The van der Waals surface area contributed by atoms with Gasteiger partial charge in [0.2, 0.25) is 5.09 Å². The highest BCUT2D eigenvalue weighted by molar-refractivity contribution is 7.88. The van der Waals surface area contributed by atoms with Gasteiger partial charge in [-0.2, -0.15) is 0 Å². The van der Waals surface area contributed by atoms with E-state index in [4.69, 9.17) is 14.3 Å². The number of hydrogen-bond donors (Lipinski definition) is 2. The maximum Gasteiger partial charge on any atom is 0.335 e. The number of nitrogens with zero attached hydrogens (tertiary/aromatic N) is 1. The molecule has 146 valence electrons. The number of carboxylic acid groups (broad SMARTS) is 1. The van der Waals surface area contributed by atoms with Gasteiger partial charge >= 0.3 is 5.97 Å². The average Bonchev–Trinajstić information content (AvgIpc) is 3.06. The molecule has 0 aliphatic rings. The molecule has 27 heavy (non-hydrogen) atoms. The lowest BCUT2D eigenvalue weighted by Gasteiger charge is -2.15. The van der Waals surface area contributed by atoms with Gasteiger partial charge in [0.1, 0.15) is 5.75 Å². The summed E-state index contributed by atoms with van der Waals surface area (Å²) in [6.45, 7) is 3.56. The summed E-state index contributed by atoms with van der Waals surface area (Å²) in [5.74, 6) is -1.88. The van der Waals surface area contributed by atoms with Gasteiger partial charge in [0.15, 0.2) is 5.76 Å². The molecule has 0 unspecified atom stereocenters. The van der Waals surface area contributed by atoms with Crippen molar-refractivity contribution in [3.63, 3.8) is 0 Å². The molecule has 1 heterocycles. The minimum absolute atomic E-state index is 0.0447. The monoisotopic (exact) mass is 396 g/mol. The quantitative estimate of drug-likeness (QED) is 0.735. The third kappa shape index (κ3) is 4.66. The number of hydrogen-bond acceptors (Lipinski definition) is 6. The molecular weight excluding hydrogens is 376 g/mol. The highest BCUT2D eigenvalue weighted by Gasteiger charge is 2.24. The van der Waals surface area contributed by atoms with E-state index in [-0.39, 0.29) is 34.0 Å². The lowest BCUT2D eigenvalue weighted by molar-refractivity contribution is 0.0696. The zero-order chi connectivity index (χ0) is 20.4. The van der Waals surface area contributed by atoms with Gasteiger partial charge in [0.25, 0.3) is 15.9 Å². The summed E-state index contributed by atoms with van der Waals surface area (Å²) in [6.07, 6.45) is -0.211. The molecule has 0 saturated heterocycles. The Bertz CT molecular complexity index is 961. The van der Waals surface area contributed by atoms with E-state index in [1.165, 1.54) is 44.4 Å². The van der Waals surface area contributed by atoms with Gasteiger partial charge in [-0.3, -0.25) is 4.79 Å². The number of carboxylic acids is 1. The van der Waals surface area contributed by atoms with Gasteiger partial charge in [0, 0.05) is 14.1 Å². The fourth-order valence-corrected chi connectivity index (χ4v) is 2.86. The molecule has 2 aromatic rings. The van der Waals surface area contributed by atoms with Crippen molar-refractivity contribution in [2.75, 3.05) is 19.4 Å². The molecule has 0 atom stereocenters. The molecule has 0 aliphatic carbocycles. The lowest BCUT2D eigenvalue weighted by Crippen LogP contribution is -2.21. The fourth-order valence-electron chi connectivity index (χ4n) is 2.06. The van der Waals surface area contributed by atoms with E-state index < -0.39 is 21.9 Å². The molecule has 0 fully saturated rings. The summed E-state index contributed by atoms with van der Waals surface area (Å²) < 4.78 is 35.7. The number of aromatic carboxylic acids is 1. The Morgan fingerprint density at radius 1 is 1.19 bits per heavy atom. The second kappa shape index (κ2) is 7.80. The summed E-state index contributed by atoms with van der Waals surface area (Å²) in [6, 6.07) is 6.42. The van der Waals surface area contributed by atoms with E-state index in [0.29, 0.717) is 0 Å².